The van der Waals surface area contributed by atoms with Crippen LogP contribution in [0.5, 0.6) is 11.5 Å². The lowest BCUT2D eigenvalue weighted by atomic mass is 10.0. The van der Waals surface area contributed by atoms with Gasteiger partial charge in [-0.05, 0) is 18.6 Å². The van der Waals surface area contributed by atoms with E-state index >= 15 is 0 Å². The molecule has 0 aliphatic rings. The van der Waals surface area contributed by atoms with Crippen LogP contribution >= 0.6 is 0 Å². The molecule has 0 aliphatic carbocycles. The Hall–Kier alpha value is -1.26. The van der Waals surface area contributed by atoms with Crippen LogP contribution in [0.25, 0.3) is 0 Å². The van der Waals surface area contributed by atoms with E-state index < -0.39 is 0 Å². The first-order chi connectivity index (χ1) is 7.63. The van der Waals surface area contributed by atoms with Gasteiger partial charge in [-0.1, -0.05) is 0 Å². The van der Waals surface area contributed by atoms with Crippen LogP contribution < -0.4 is 15.2 Å². The minimum atomic E-state index is -0.106. The van der Waals surface area contributed by atoms with Crippen molar-refractivity contribution in [3.05, 3.63) is 23.3 Å². The van der Waals surface area contributed by atoms with Gasteiger partial charge < -0.3 is 19.9 Å². The molecule has 0 spiro atoms. The third-order valence-corrected chi connectivity index (χ3v) is 2.41. The first-order valence-electron chi connectivity index (χ1n) is 5.13. The highest BCUT2D eigenvalue weighted by Crippen LogP contribution is 2.32. The molecule has 0 saturated heterocycles. The number of hydrogen-bond donors (Lipinski definition) is 1. The van der Waals surface area contributed by atoms with E-state index in [1.54, 1.807) is 21.3 Å². The van der Waals surface area contributed by atoms with E-state index in [0.717, 1.165) is 22.6 Å². The molecule has 1 atom stereocenters. The summed E-state index contributed by atoms with van der Waals surface area (Å²) >= 11 is 0. The summed E-state index contributed by atoms with van der Waals surface area (Å²) in [7, 11) is 4.89. The van der Waals surface area contributed by atoms with Crippen LogP contribution in [-0.4, -0.2) is 21.3 Å². The zero-order valence-corrected chi connectivity index (χ0v) is 10.2. The SMILES string of the molecule is COCc1cc(OC)cc(OC)c1C(C)N. The Kier molecular flexibility index (Phi) is 4.58. The fourth-order valence-electron chi connectivity index (χ4n) is 1.73. The third kappa shape index (κ3) is 2.65. The van der Waals surface area contributed by atoms with E-state index in [4.69, 9.17) is 19.9 Å². The average molecular weight is 225 g/mol. The molecule has 0 bridgehead atoms. The van der Waals surface area contributed by atoms with Crippen molar-refractivity contribution in [1.29, 1.82) is 0 Å². The van der Waals surface area contributed by atoms with Crippen LogP contribution in [0.15, 0.2) is 12.1 Å². The van der Waals surface area contributed by atoms with Crippen molar-refractivity contribution in [2.24, 2.45) is 5.73 Å². The largest absolute Gasteiger partial charge is 0.497 e. The predicted molar refractivity (Wildman–Crippen MR) is 62.9 cm³/mol. The number of rotatable bonds is 5. The van der Waals surface area contributed by atoms with Gasteiger partial charge in [0.15, 0.2) is 0 Å². The van der Waals surface area contributed by atoms with E-state index in [9.17, 15) is 0 Å². The van der Waals surface area contributed by atoms with E-state index in [0.29, 0.717) is 6.61 Å². The van der Waals surface area contributed by atoms with Gasteiger partial charge in [0.2, 0.25) is 0 Å². The first kappa shape index (κ1) is 12.8. The summed E-state index contributed by atoms with van der Waals surface area (Å²) < 4.78 is 15.7. The lowest BCUT2D eigenvalue weighted by Gasteiger charge is -2.18. The van der Waals surface area contributed by atoms with Crippen molar-refractivity contribution < 1.29 is 14.2 Å². The summed E-state index contributed by atoms with van der Waals surface area (Å²) in [5.74, 6) is 1.48. The number of hydrogen-bond acceptors (Lipinski definition) is 4. The predicted octanol–water partition coefficient (Wildman–Crippen LogP) is 1.87. The summed E-state index contributed by atoms with van der Waals surface area (Å²) in [6.45, 7) is 2.41. The second-order valence-corrected chi connectivity index (χ2v) is 3.62. The minimum Gasteiger partial charge on any atom is -0.497 e. The Morgan fingerprint density at radius 1 is 1.19 bits per heavy atom. The molecule has 16 heavy (non-hydrogen) atoms. The molecule has 0 radical (unpaired) electrons. The Bertz CT molecular complexity index is 350. The van der Waals surface area contributed by atoms with E-state index in [2.05, 4.69) is 0 Å². The monoisotopic (exact) mass is 225 g/mol. The van der Waals surface area contributed by atoms with E-state index in [1.165, 1.54) is 0 Å². The molecule has 90 valence electrons. The highest BCUT2D eigenvalue weighted by atomic mass is 16.5. The van der Waals surface area contributed by atoms with Gasteiger partial charge in [0.25, 0.3) is 0 Å². The normalized spacial score (nSPS) is 12.3. The number of benzene rings is 1. The molecule has 4 nitrogen and oxygen atoms in total. The smallest absolute Gasteiger partial charge is 0.127 e. The summed E-state index contributed by atoms with van der Waals surface area (Å²) in [4.78, 5) is 0. The van der Waals surface area contributed by atoms with Crippen molar-refractivity contribution in [3.8, 4) is 11.5 Å². The first-order valence-corrected chi connectivity index (χ1v) is 5.13. The Labute approximate surface area is 96.3 Å². The molecule has 0 aliphatic heterocycles. The lowest BCUT2D eigenvalue weighted by molar-refractivity contribution is 0.183. The second-order valence-electron chi connectivity index (χ2n) is 3.62. The van der Waals surface area contributed by atoms with Crippen LogP contribution in [0.2, 0.25) is 0 Å². The Balaban J connectivity index is 3.29. The molecule has 0 heterocycles. The van der Waals surface area contributed by atoms with Crippen molar-refractivity contribution >= 4 is 0 Å². The van der Waals surface area contributed by atoms with Gasteiger partial charge in [0.05, 0.1) is 20.8 Å². The van der Waals surface area contributed by atoms with Crippen LogP contribution in [0.4, 0.5) is 0 Å². The zero-order chi connectivity index (χ0) is 12.1. The van der Waals surface area contributed by atoms with Crippen LogP contribution in [0.3, 0.4) is 0 Å². The molecular weight excluding hydrogens is 206 g/mol. The summed E-state index contributed by atoms with van der Waals surface area (Å²) in [6, 6.07) is 3.65. The average Bonchev–Trinajstić information content (AvgIpc) is 2.27. The number of ether oxygens (including phenoxy) is 3. The second kappa shape index (κ2) is 5.72. The third-order valence-electron chi connectivity index (χ3n) is 2.41. The molecule has 1 aromatic rings. The maximum absolute atomic E-state index is 5.94. The molecule has 2 N–H and O–H groups in total. The maximum Gasteiger partial charge on any atom is 0.127 e. The van der Waals surface area contributed by atoms with Crippen LogP contribution in [-0.2, 0) is 11.3 Å². The van der Waals surface area contributed by atoms with Gasteiger partial charge >= 0.3 is 0 Å². The molecule has 1 aromatic carbocycles. The maximum atomic E-state index is 5.94. The quantitative estimate of drug-likeness (QED) is 0.831. The topological polar surface area (TPSA) is 53.7 Å². The van der Waals surface area contributed by atoms with Gasteiger partial charge in [0.1, 0.15) is 11.5 Å². The van der Waals surface area contributed by atoms with Gasteiger partial charge in [-0.3, -0.25) is 0 Å². The van der Waals surface area contributed by atoms with Crippen molar-refractivity contribution in [2.45, 2.75) is 19.6 Å². The minimum absolute atomic E-state index is 0.106. The Morgan fingerprint density at radius 2 is 1.88 bits per heavy atom. The van der Waals surface area contributed by atoms with Crippen LogP contribution in [0, 0.1) is 0 Å². The van der Waals surface area contributed by atoms with Gasteiger partial charge in [-0.15, -0.1) is 0 Å². The van der Waals surface area contributed by atoms with Crippen molar-refractivity contribution in [1.82, 2.24) is 0 Å². The van der Waals surface area contributed by atoms with Crippen LogP contribution in [0.1, 0.15) is 24.1 Å². The summed E-state index contributed by atoms with van der Waals surface area (Å²) in [5.41, 5.74) is 7.89. The molecule has 1 unspecified atom stereocenters. The standard InChI is InChI=1S/C12H19NO3/c1-8(13)12-9(7-14-2)5-10(15-3)6-11(12)16-4/h5-6,8H,7,13H2,1-4H3. The lowest BCUT2D eigenvalue weighted by Crippen LogP contribution is -2.11. The highest BCUT2D eigenvalue weighted by molar-refractivity contribution is 5.48. The molecule has 0 aromatic heterocycles. The van der Waals surface area contributed by atoms with E-state index in [1.807, 2.05) is 19.1 Å². The molecule has 1 rings (SSSR count). The fraction of sp³-hybridized carbons (Fsp3) is 0.500. The van der Waals surface area contributed by atoms with Gasteiger partial charge in [-0.2, -0.15) is 0 Å². The summed E-state index contributed by atoms with van der Waals surface area (Å²) in [5, 5.41) is 0. The zero-order valence-electron chi connectivity index (χ0n) is 10.2. The van der Waals surface area contributed by atoms with Crippen molar-refractivity contribution in [2.75, 3.05) is 21.3 Å². The highest BCUT2D eigenvalue weighted by Gasteiger charge is 2.15. The Morgan fingerprint density at radius 3 is 2.31 bits per heavy atom. The number of nitrogens with two attached hydrogens (primary N) is 1. The fourth-order valence-corrected chi connectivity index (χ4v) is 1.73. The molecule has 0 amide bonds. The van der Waals surface area contributed by atoms with Crippen molar-refractivity contribution in [3.63, 3.8) is 0 Å². The van der Waals surface area contributed by atoms with E-state index in [-0.39, 0.29) is 6.04 Å². The molecule has 0 fully saturated rings. The number of methoxy groups -OCH3 is 3. The molecular formula is C12H19NO3. The summed E-state index contributed by atoms with van der Waals surface area (Å²) in [6.07, 6.45) is 0. The molecule has 0 saturated carbocycles. The van der Waals surface area contributed by atoms with Gasteiger partial charge in [-0.25, -0.2) is 0 Å². The molecule has 4 heteroatoms. The van der Waals surface area contributed by atoms with Gasteiger partial charge in [0, 0.05) is 24.8 Å².